The molecule has 3 aromatic heterocycles. The molecule has 0 fully saturated rings. The number of nitrogens with zero attached hydrogens (tertiary/aromatic N) is 3. The third-order valence-corrected chi connectivity index (χ3v) is 4.60. The maximum absolute atomic E-state index is 12.1. The monoisotopic (exact) mass is 357 g/mol. The summed E-state index contributed by atoms with van der Waals surface area (Å²) >= 11 is 1.23. The first-order valence-corrected chi connectivity index (χ1v) is 8.31. The number of nitrogens with one attached hydrogen (secondary N) is 2. The van der Waals surface area contributed by atoms with Gasteiger partial charge in [-0.3, -0.25) is 20.6 Å². The van der Waals surface area contributed by atoms with Crippen molar-refractivity contribution < 1.29 is 14.3 Å². The van der Waals surface area contributed by atoms with Gasteiger partial charge in [0.1, 0.15) is 16.0 Å². The fraction of sp³-hybridized carbons (Fsp3) is 0.188. The molecule has 0 aromatic carbocycles. The van der Waals surface area contributed by atoms with E-state index < -0.39 is 5.97 Å². The van der Waals surface area contributed by atoms with Gasteiger partial charge in [-0.05, 0) is 31.5 Å². The fourth-order valence-corrected chi connectivity index (χ4v) is 3.29. The Balaban J connectivity index is 1.87. The number of fused-ring (bicyclic) bond motifs is 1. The normalized spacial score (nSPS) is 10.5. The van der Waals surface area contributed by atoms with Crippen molar-refractivity contribution in [1.29, 1.82) is 0 Å². The molecule has 128 valence electrons. The molecular weight excluding hydrogens is 342 g/mol. The number of hydrazine groups is 1. The van der Waals surface area contributed by atoms with Gasteiger partial charge in [-0.25, -0.2) is 14.8 Å². The summed E-state index contributed by atoms with van der Waals surface area (Å²) in [5, 5.41) is 0.672. The van der Waals surface area contributed by atoms with E-state index in [2.05, 4.69) is 25.8 Å². The summed E-state index contributed by atoms with van der Waals surface area (Å²) < 4.78 is 5.06. The number of amides is 1. The highest BCUT2D eigenvalue weighted by molar-refractivity contribution is 7.20. The molecule has 0 unspecified atom stereocenters. The number of anilines is 1. The lowest BCUT2D eigenvalue weighted by atomic mass is 10.2. The summed E-state index contributed by atoms with van der Waals surface area (Å²) in [6.07, 6.45) is 4.44. The lowest BCUT2D eigenvalue weighted by Crippen LogP contribution is -2.29. The highest BCUT2D eigenvalue weighted by atomic mass is 32.1. The zero-order chi connectivity index (χ0) is 17.8. The van der Waals surface area contributed by atoms with Crippen LogP contribution < -0.4 is 10.9 Å². The first-order valence-electron chi connectivity index (χ1n) is 7.49. The van der Waals surface area contributed by atoms with E-state index in [0.717, 1.165) is 0 Å². The topological polar surface area (TPSA) is 106 Å². The van der Waals surface area contributed by atoms with Crippen molar-refractivity contribution in [2.45, 2.75) is 13.8 Å². The van der Waals surface area contributed by atoms with Crippen LogP contribution in [0, 0.1) is 6.92 Å². The van der Waals surface area contributed by atoms with Crippen LogP contribution in [0.2, 0.25) is 0 Å². The van der Waals surface area contributed by atoms with Gasteiger partial charge in [0.05, 0.1) is 12.0 Å². The van der Waals surface area contributed by atoms with Crippen LogP contribution >= 0.6 is 11.3 Å². The molecule has 0 aliphatic carbocycles. The minimum absolute atomic E-state index is 0.297. The minimum Gasteiger partial charge on any atom is -0.462 e. The minimum atomic E-state index is -0.394. The van der Waals surface area contributed by atoms with Crippen LogP contribution in [-0.4, -0.2) is 33.4 Å². The van der Waals surface area contributed by atoms with Crippen LogP contribution in [0.1, 0.15) is 32.5 Å². The smallest absolute Gasteiger partial charge is 0.348 e. The molecule has 0 bridgehead atoms. The number of esters is 1. The average Bonchev–Trinajstić information content (AvgIpc) is 2.98. The van der Waals surface area contributed by atoms with E-state index in [0.29, 0.717) is 38.6 Å². The van der Waals surface area contributed by atoms with Crippen molar-refractivity contribution in [3.8, 4) is 0 Å². The zero-order valence-electron chi connectivity index (χ0n) is 13.6. The molecule has 0 saturated carbocycles. The molecule has 1 amide bonds. The van der Waals surface area contributed by atoms with Crippen LogP contribution in [0.25, 0.3) is 10.2 Å². The van der Waals surface area contributed by atoms with Crippen molar-refractivity contribution in [2.24, 2.45) is 0 Å². The van der Waals surface area contributed by atoms with Crippen LogP contribution in [0.3, 0.4) is 0 Å². The maximum atomic E-state index is 12.1. The Morgan fingerprint density at radius 3 is 2.72 bits per heavy atom. The number of carbonyl (C=O) groups is 2. The van der Waals surface area contributed by atoms with Gasteiger partial charge in [-0.15, -0.1) is 11.3 Å². The number of rotatable bonds is 5. The van der Waals surface area contributed by atoms with Gasteiger partial charge in [-0.2, -0.15) is 0 Å². The lowest BCUT2D eigenvalue weighted by Gasteiger charge is -2.09. The second-order valence-corrected chi connectivity index (χ2v) is 5.99. The van der Waals surface area contributed by atoms with Crippen LogP contribution in [-0.2, 0) is 4.74 Å². The number of aryl methyl sites for hydroxylation is 1. The second-order valence-electron chi connectivity index (χ2n) is 4.99. The Kier molecular flexibility index (Phi) is 4.85. The number of thiophene rings is 1. The number of pyridine rings is 1. The van der Waals surface area contributed by atoms with Gasteiger partial charge in [0.2, 0.25) is 0 Å². The molecule has 2 N–H and O–H groups in total. The Morgan fingerprint density at radius 1 is 1.24 bits per heavy atom. The highest BCUT2D eigenvalue weighted by Gasteiger charge is 2.20. The van der Waals surface area contributed by atoms with Crippen LogP contribution in [0.5, 0.6) is 0 Å². The molecule has 0 atom stereocenters. The third kappa shape index (κ3) is 3.41. The van der Waals surface area contributed by atoms with E-state index in [9.17, 15) is 9.59 Å². The molecule has 3 aromatic rings. The molecule has 8 nitrogen and oxygen atoms in total. The summed E-state index contributed by atoms with van der Waals surface area (Å²) in [5.41, 5.74) is 6.54. The van der Waals surface area contributed by atoms with Gasteiger partial charge < -0.3 is 4.74 Å². The van der Waals surface area contributed by atoms with Gasteiger partial charge in [0, 0.05) is 18.0 Å². The molecule has 3 heterocycles. The predicted molar refractivity (Wildman–Crippen MR) is 93.4 cm³/mol. The number of ether oxygens (including phenoxy) is 1. The molecule has 25 heavy (non-hydrogen) atoms. The molecule has 0 radical (unpaired) electrons. The molecule has 3 rings (SSSR count). The van der Waals surface area contributed by atoms with Crippen molar-refractivity contribution in [2.75, 3.05) is 12.0 Å². The van der Waals surface area contributed by atoms with E-state index in [1.54, 1.807) is 26.0 Å². The van der Waals surface area contributed by atoms with Gasteiger partial charge in [0.15, 0.2) is 5.82 Å². The molecule has 0 saturated heterocycles. The van der Waals surface area contributed by atoms with Crippen molar-refractivity contribution in [3.05, 3.63) is 46.9 Å². The maximum Gasteiger partial charge on any atom is 0.348 e. The molecular formula is C16H15N5O3S. The Morgan fingerprint density at radius 2 is 2.00 bits per heavy atom. The van der Waals surface area contributed by atoms with Crippen molar-refractivity contribution in [1.82, 2.24) is 20.4 Å². The highest BCUT2D eigenvalue weighted by Crippen LogP contribution is 2.33. The van der Waals surface area contributed by atoms with E-state index in [4.69, 9.17) is 4.74 Å². The third-order valence-electron chi connectivity index (χ3n) is 3.42. The van der Waals surface area contributed by atoms with E-state index in [1.807, 2.05) is 0 Å². The van der Waals surface area contributed by atoms with Crippen LogP contribution in [0.4, 0.5) is 5.82 Å². The lowest BCUT2D eigenvalue weighted by molar-refractivity contribution is 0.0531. The van der Waals surface area contributed by atoms with Gasteiger partial charge in [0.25, 0.3) is 5.91 Å². The predicted octanol–water partition coefficient (Wildman–Crippen LogP) is 2.33. The number of hydrogen-bond donors (Lipinski definition) is 2. The quantitative estimate of drug-likeness (QED) is 0.533. The van der Waals surface area contributed by atoms with Crippen molar-refractivity contribution >= 4 is 39.2 Å². The average molecular weight is 357 g/mol. The zero-order valence-corrected chi connectivity index (χ0v) is 14.4. The summed E-state index contributed by atoms with van der Waals surface area (Å²) in [6.45, 7) is 3.84. The van der Waals surface area contributed by atoms with Crippen molar-refractivity contribution in [3.63, 3.8) is 0 Å². The first kappa shape index (κ1) is 16.8. The summed E-state index contributed by atoms with van der Waals surface area (Å²) in [4.78, 5) is 37.5. The second kappa shape index (κ2) is 7.22. The summed E-state index contributed by atoms with van der Waals surface area (Å²) in [5.74, 6) is -0.306. The van der Waals surface area contributed by atoms with Gasteiger partial charge >= 0.3 is 5.97 Å². The Bertz CT molecular complexity index is 926. The Hall–Kier alpha value is -3.07. The molecule has 0 spiro atoms. The number of aromatic nitrogens is 3. The van der Waals surface area contributed by atoms with Crippen LogP contribution in [0.15, 0.2) is 30.9 Å². The van der Waals surface area contributed by atoms with E-state index >= 15 is 0 Å². The molecule has 0 aliphatic heterocycles. The largest absolute Gasteiger partial charge is 0.462 e. The Labute approximate surface area is 147 Å². The van der Waals surface area contributed by atoms with Gasteiger partial charge in [-0.1, -0.05) is 0 Å². The molecule has 9 heteroatoms. The summed E-state index contributed by atoms with van der Waals surface area (Å²) in [6, 6.07) is 3.20. The van der Waals surface area contributed by atoms with E-state index in [-0.39, 0.29) is 5.91 Å². The van der Waals surface area contributed by atoms with E-state index in [1.165, 1.54) is 30.1 Å². The number of hydrogen-bond acceptors (Lipinski definition) is 8. The first-order chi connectivity index (χ1) is 12.1. The molecule has 0 aliphatic rings. The fourth-order valence-electron chi connectivity index (χ4n) is 2.25. The standard InChI is InChI=1S/C16H15N5O3S/c1-3-24-16(23)12-9(2)11-13(18-8-19-15(11)25-12)20-21-14(22)10-4-6-17-7-5-10/h4-8H,3H2,1-2H3,(H,21,22)(H,18,19,20). The number of carbonyl (C=O) groups excluding carboxylic acids is 2. The summed E-state index contributed by atoms with van der Waals surface area (Å²) in [7, 11) is 0. The SMILES string of the molecule is CCOC(=O)c1sc2ncnc(NNC(=O)c3ccncc3)c2c1C.